The summed E-state index contributed by atoms with van der Waals surface area (Å²) < 4.78 is 27.0. The minimum Gasteiger partial charge on any atom is -0.508 e. The van der Waals surface area contributed by atoms with Crippen LogP contribution in [0.5, 0.6) is 5.75 Å². The molecule has 0 heterocycles. The zero-order valence-corrected chi connectivity index (χ0v) is 11.3. The van der Waals surface area contributed by atoms with E-state index in [1.165, 1.54) is 37.1 Å². The van der Waals surface area contributed by atoms with Gasteiger partial charge < -0.3 is 5.11 Å². The van der Waals surface area contributed by atoms with Crippen LogP contribution >= 0.6 is 0 Å². The van der Waals surface area contributed by atoms with Gasteiger partial charge in [-0.1, -0.05) is 19.8 Å². The summed E-state index contributed by atoms with van der Waals surface area (Å²) in [4.78, 5) is 0.203. The second kappa shape index (κ2) is 5.28. The summed E-state index contributed by atoms with van der Waals surface area (Å²) in [5.41, 5.74) is 0. The maximum Gasteiger partial charge on any atom is 0.240 e. The Morgan fingerprint density at radius 2 is 1.94 bits per heavy atom. The van der Waals surface area contributed by atoms with Crippen LogP contribution < -0.4 is 4.72 Å². The van der Waals surface area contributed by atoms with E-state index in [-0.39, 0.29) is 16.7 Å². The summed E-state index contributed by atoms with van der Waals surface area (Å²) in [5.74, 6) is 0.761. The molecule has 1 aromatic rings. The molecule has 0 bridgehead atoms. The van der Waals surface area contributed by atoms with E-state index in [1.807, 2.05) is 6.92 Å². The third-order valence-electron chi connectivity index (χ3n) is 3.28. The molecule has 5 heteroatoms. The van der Waals surface area contributed by atoms with E-state index in [4.69, 9.17) is 5.11 Å². The first-order valence-corrected chi connectivity index (χ1v) is 7.81. The van der Waals surface area contributed by atoms with Gasteiger partial charge in [0.15, 0.2) is 0 Å². The van der Waals surface area contributed by atoms with Gasteiger partial charge in [0.2, 0.25) is 10.0 Å². The van der Waals surface area contributed by atoms with Crippen molar-refractivity contribution in [1.29, 1.82) is 0 Å². The predicted octanol–water partition coefficient (Wildman–Crippen LogP) is 2.25. The van der Waals surface area contributed by atoms with Crippen LogP contribution in [0.3, 0.4) is 0 Å². The lowest BCUT2D eigenvalue weighted by atomic mass is 10.1. The number of hydrogen-bond acceptors (Lipinski definition) is 3. The summed E-state index contributed by atoms with van der Waals surface area (Å²) >= 11 is 0. The van der Waals surface area contributed by atoms with Crippen LogP contribution in [0, 0.1) is 5.92 Å². The lowest BCUT2D eigenvalue weighted by Gasteiger charge is -2.16. The molecule has 1 fully saturated rings. The Bertz CT molecular complexity index is 491. The van der Waals surface area contributed by atoms with Crippen LogP contribution in [0.25, 0.3) is 0 Å². The zero-order valence-electron chi connectivity index (χ0n) is 10.5. The second-order valence-corrected chi connectivity index (χ2v) is 6.61. The van der Waals surface area contributed by atoms with Gasteiger partial charge in [-0.05, 0) is 43.0 Å². The van der Waals surface area contributed by atoms with E-state index in [0.29, 0.717) is 5.92 Å². The number of hydrogen-bond donors (Lipinski definition) is 2. The van der Waals surface area contributed by atoms with Crippen LogP contribution in [-0.4, -0.2) is 19.6 Å². The molecular weight excluding hydrogens is 250 g/mol. The predicted molar refractivity (Wildman–Crippen MR) is 69.8 cm³/mol. The van der Waals surface area contributed by atoms with Gasteiger partial charge in [-0.3, -0.25) is 0 Å². The minimum atomic E-state index is -3.47. The summed E-state index contributed by atoms with van der Waals surface area (Å²) in [7, 11) is -3.47. The highest BCUT2D eigenvalue weighted by atomic mass is 32.2. The second-order valence-electron chi connectivity index (χ2n) is 4.90. The molecule has 1 aromatic carbocycles. The molecular formula is C13H19NO3S. The molecule has 18 heavy (non-hydrogen) atoms. The van der Waals surface area contributed by atoms with E-state index < -0.39 is 10.0 Å². The maximum atomic E-state index is 12.1. The van der Waals surface area contributed by atoms with Crippen molar-refractivity contribution in [2.75, 3.05) is 0 Å². The van der Waals surface area contributed by atoms with Crippen LogP contribution in [0.15, 0.2) is 29.2 Å². The molecule has 100 valence electrons. The van der Waals surface area contributed by atoms with Crippen LogP contribution in [-0.2, 0) is 10.0 Å². The van der Waals surface area contributed by atoms with Gasteiger partial charge in [0.1, 0.15) is 5.75 Å². The Hall–Kier alpha value is -1.07. The van der Waals surface area contributed by atoms with Crippen LogP contribution in [0.2, 0.25) is 0 Å². The number of rotatable bonds is 6. The molecule has 0 aliphatic heterocycles. The molecule has 0 amide bonds. The Morgan fingerprint density at radius 1 is 1.33 bits per heavy atom. The number of sulfonamides is 1. The fourth-order valence-corrected chi connectivity index (χ4v) is 3.30. The normalized spacial score (nSPS) is 17.6. The monoisotopic (exact) mass is 269 g/mol. The molecule has 1 atom stereocenters. The first-order chi connectivity index (χ1) is 8.51. The fourth-order valence-electron chi connectivity index (χ4n) is 1.97. The quantitative estimate of drug-likeness (QED) is 0.832. The smallest absolute Gasteiger partial charge is 0.240 e. The maximum absolute atomic E-state index is 12.1. The molecule has 1 saturated carbocycles. The van der Waals surface area contributed by atoms with Crippen molar-refractivity contribution < 1.29 is 13.5 Å². The van der Waals surface area contributed by atoms with E-state index in [2.05, 4.69) is 4.72 Å². The fraction of sp³-hybridized carbons (Fsp3) is 0.538. The van der Waals surface area contributed by atoms with Gasteiger partial charge in [0, 0.05) is 6.04 Å². The molecule has 2 rings (SSSR count). The number of nitrogens with one attached hydrogen (secondary N) is 1. The third-order valence-corrected chi connectivity index (χ3v) is 4.81. The topological polar surface area (TPSA) is 66.4 Å². The Morgan fingerprint density at radius 3 is 2.44 bits per heavy atom. The standard InChI is InChI=1S/C13H19NO3S/c1-2-11(9-10-3-4-10)14-18(16,17)13-7-5-12(15)6-8-13/h5-8,10-11,14-15H,2-4,9H2,1H3. The van der Waals surface area contributed by atoms with Gasteiger partial charge in [0.25, 0.3) is 0 Å². The molecule has 1 unspecified atom stereocenters. The van der Waals surface area contributed by atoms with Gasteiger partial charge in [-0.2, -0.15) is 0 Å². The zero-order chi connectivity index (χ0) is 13.2. The average Bonchev–Trinajstić information content (AvgIpc) is 3.12. The van der Waals surface area contributed by atoms with E-state index in [1.54, 1.807) is 0 Å². The molecule has 0 radical (unpaired) electrons. The Labute approximate surface area is 108 Å². The summed E-state index contributed by atoms with van der Waals surface area (Å²) in [6.45, 7) is 1.99. The highest BCUT2D eigenvalue weighted by molar-refractivity contribution is 7.89. The summed E-state index contributed by atoms with van der Waals surface area (Å²) in [5, 5.41) is 9.16. The summed E-state index contributed by atoms with van der Waals surface area (Å²) in [6.07, 6.45) is 4.16. The van der Waals surface area contributed by atoms with E-state index in [0.717, 1.165) is 12.8 Å². The SMILES string of the molecule is CCC(CC1CC1)NS(=O)(=O)c1ccc(O)cc1. The van der Waals surface area contributed by atoms with Crippen molar-refractivity contribution in [3.8, 4) is 5.75 Å². The van der Waals surface area contributed by atoms with Crippen LogP contribution in [0.4, 0.5) is 0 Å². The molecule has 0 spiro atoms. The minimum absolute atomic E-state index is 0.0105. The first kappa shape index (κ1) is 13.4. The number of benzene rings is 1. The van der Waals surface area contributed by atoms with Gasteiger partial charge >= 0.3 is 0 Å². The Kier molecular flexibility index (Phi) is 3.92. The lowest BCUT2D eigenvalue weighted by Crippen LogP contribution is -2.34. The molecule has 2 N–H and O–H groups in total. The highest BCUT2D eigenvalue weighted by Gasteiger charge is 2.27. The number of aromatic hydroxyl groups is 1. The van der Waals surface area contributed by atoms with Crippen molar-refractivity contribution in [3.05, 3.63) is 24.3 Å². The lowest BCUT2D eigenvalue weighted by molar-refractivity contribution is 0.474. The van der Waals surface area contributed by atoms with Crippen molar-refractivity contribution >= 4 is 10.0 Å². The van der Waals surface area contributed by atoms with Gasteiger partial charge in [-0.25, -0.2) is 13.1 Å². The Balaban J connectivity index is 2.07. The molecule has 0 aromatic heterocycles. The molecule has 0 saturated heterocycles. The molecule has 1 aliphatic rings. The molecule has 1 aliphatic carbocycles. The number of phenolic OH excluding ortho intramolecular Hbond substituents is 1. The van der Waals surface area contributed by atoms with Crippen molar-refractivity contribution in [1.82, 2.24) is 4.72 Å². The molecule has 4 nitrogen and oxygen atoms in total. The largest absolute Gasteiger partial charge is 0.508 e. The van der Waals surface area contributed by atoms with Crippen LogP contribution in [0.1, 0.15) is 32.6 Å². The van der Waals surface area contributed by atoms with Crippen molar-refractivity contribution in [3.63, 3.8) is 0 Å². The van der Waals surface area contributed by atoms with E-state index in [9.17, 15) is 8.42 Å². The van der Waals surface area contributed by atoms with Crippen molar-refractivity contribution in [2.24, 2.45) is 5.92 Å². The number of phenols is 1. The van der Waals surface area contributed by atoms with Crippen molar-refractivity contribution in [2.45, 2.75) is 43.5 Å². The average molecular weight is 269 g/mol. The van der Waals surface area contributed by atoms with Gasteiger partial charge in [-0.15, -0.1) is 0 Å². The van der Waals surface area contributed by atoms with Gasteiger partial charge in [0.05, 0.1) is 4.90 Å². The van der Waals surface area contributed by atoms with E-state index >= 15 is 0 Å². The highest BCUT2D eigenvalue weighted by Crippen LogP contribution is 2.34. The summed E-state index contributed by atoms with van der Waals surface area (Å²) in [6, 6.07) is 5.62. The first-order valence-electron chi connectivity index (χ1n) is 6.32. The third kappa shape index (κ3) is 3.46.